The Kier molecular flexibility index (Phi) is 4.21. The van der Waals surface area contributed by atoms with E-state index in [0.29, 0.717) is 24.1 Å². The maximum absolute atomic E-state index is 12.8. The van der Waals surface area contributed by atoms with Crippen LogP contribution in [0, 0.1) is 0 Å². The monoisotopic (exact) mass is 349 g/mol. The third-order valence-electron chi connectivity index (χ3n) is 4.91. The minimum absolute atomic E-state index is 0.101. The Hall–Kier alpha value is -3.08. The molecule has 0 saturated carbocycles. The van der Waals surface area contributed by atoms with Crippen LogP contribution in [0.2, 0.25) is 0 Å². The lowest BCUT2D eigenvalue weighted by Gasteiger charge is -2.16. The van der Waals surface area contributed by atoms with Crippen LogP contribution in [0.3, 0.4) is 0 Å². The third kappa shape index (κ3) is 2.96. The van der Waals surface area contributed by atoms with Gasteiger partial charge in [0.1, 0.15) is 11.3 Å². The first-order chi connectivity index (χ1) is 12.7. The van der Waals surface area contributed by atoms with Gasteiger partial charge in [0.25, 0.3) is 5.91 Å². The Bertz CT molecular complexity index is 1010. The van der Waals surface area contributed by atoms with E-state index in [0.717, 1.165) is 12.2 Å². The summed E-state index contributed by atoms with van der Waals surface area (Å²) in [5, 5.41) is 0.488. The molecule has 2 aromatic carbocycles. The van der Waals surface area contributed by atoms with E-state index in [1.165, 1.54) is 11.6 Å². The van der Waals surface area contributed by atoms with Gasteiger partial charge in [-0.25, -0.2) is 0 Å². The molecule has 1 aliphatic heterocycles. The molecule has 0 radical (unpaired) electrons. The second-order valence-electron chi connectivity index (χ2n) is 6.48. The van der Waals surface area contributed by atoms with Gasteiger partial charge in [0.15, 0.2) is 11.2 Å². The average molecular weight is 349 g/mol. The number of carbonyl (C=O) groups excluding carboxylic acids is 1. The van der Waals surface area contributed by atoms with Crippen LogP contribution in [0.4, 0.5) is 0 Å². The predicted molar refractivity (Wildman–Crippen MR) is 98.7 cm³/mol. The van der Waals surface area contributed by atoms with Gasteiger partial charge in [0.05, 0.1) is 12.5 Å². The first kappa shape index (κ1) is 16.4. The molecular weight excluding hydrogens is 330 g/mol. The van der Waals surface area contributed by atoms with Crippen molar-refractivity contribution in [1.82, 2.24) is 4.90 Å². The van der Waals surface area contributed by atoms with Crippen LogP contribution in [0.25, 0.3) is 11.0 Å². The number of nitrogens with zero attached hydrogens (tertiary/aromatic N) is 1. The highest BCUT2D eigenvalue weighted by Gasteiger charge is 2.29. The van der Waals surface area contributed by atoms with E-state index in [2.05, 4.69) is 0 Å². The van der Waals surface area contributed by atoms with Gasteiger partial charge in [-0.3, -0.25) is 9.59 Å². The fraction of sp³-hybridized carbons (Fsp3) is 0.238. The van der Waals surface area contributed by atoms with E-state index >= 15 is 0 Å². The molecule has 0 N–H and O–H groups in total. The van der Waals surface area contributed by atoms with Crippen LogP contribution in [0.1, 0.15) is 28.5 Å². The zero-order valence-corrected chi connectivity index (χ0v) is 14.5. The van der Waals surface area contributed by atoms with E-state index in [4.69, 9.17) is 9.15 Å². The molecule has 0 bridgehead atoms. The van der Waals surface area contributed by atoms with Crippen LogP contribution in [0.15, 0.2) is 63.8 Å². The zero-order valence-electron chi connectivity index (χ0n) is 14.5. The van der Waals surface area contributed by atoms with E-state index < -0.39 is 0 Å². The molecule has 0 spiro atoms. The number of likely N-dealkylation sites (tertiary alicyclic amines) is 1. The van der Waals surface area contributed by atoms with E-state index in [9.17, 15) is 9.59 Å². The van der Waals surface area contributed by atoms with Crippen molar-refractivity contribution >= 4 is 16.9 Å². The molecule has 26 heavy (non-hydrogen) atoms. The van der Waals surface area contributed by atoms with Crippen LogP contribution in [-0.4, -0.2) is 31.0 Å². The number of carbonyl (C=O) groups is 1. The summed E-state index contributed by atoms with van der Waals surface area (Å²) in [5.41, 5.74) is 1.43. The van der Waals surface area contributed by atoms with Crippen molar-refractivity contribution in [2.75, 3.05) is 20.2 Å². The summed E-state index contributed by atoms with van der Waals surface area (Å²) in [5.74, 6) is 0.961. The van der Waals surface area contributed by atoms with Crippen molar-refractivity contribution in [3.63, 3.8) is 0 Å². The van der Waals surface area contributed by atoms with Gasteiger partial charge >= 0.3 is 0 Å². The molecule has 0 aliphatic carbocycles. The van der Waals surface area contributed by atoms with Gasteiger partial charge in [0.2, 0.25) is 0 Å². The summed E-state index contributed by atoms with van der Waals surface area (Å²) >= 11 is 0. The SMILES string of the molecule is COc1ccc([C@H]2CCN(C(=O)c3cc(=O)c4ccccc4o3)C2)cc1. The molecule has 1 atom stereocenters. The Morgan fingerprint density at radius 1 is 1.15 bits per heavy atom. The Balaban J connectivity index is 1.55. The van der Waals surface area contributed by atoms with Gasteiger partial charge < -0.3 is 14.1 Å². The van der Waals surface area contributed by atoms with Crippen molar-refractivity contribution in [3.8, 4) is 5.75 Å². The van der Waals surface area contributed by atoms with E-state index in [-0.39, 0.29) is 23.0 Å². The largest absolute Gasteiger partial charge is 0.497 e. The standard InChI is InChI=1S/C21H19NO4/c1-25-16-8-6-14(7-9-16)15-10-11-22(13-15)21(24)20-12-18(23)17-4-2-3-5-19(17)26-20/h2-9,12,15H,10-11,13H2,1H3/t15-/m0/s1. The molecule has 0 unspecified atom stereocenters. The number of rotatable bonds is 3. The summed E-state index contributed by atoms with van der Waals surface area (Å²) in [6.07, 6.45) is 0.885. The average Bonchev–Trinajstić information content (AvgIpc) is 3.17. The number of para-hydroxylation sites is 1. The third-order valence-corrected chi connectivity index (χ3v) is 4.91. The number of ether oxygens (including phenoxy) is 1. The topological polar surface area (TPSA) is 59.8 Å². The normalized spacial score (nSPS) is 16.8. The van der Waals surface area contributed by atoms with Crippen molar-refractivity contribution < 1.29 is 13.9 Å². The second kappa shape index (κ2) is 6.67. The van der Waals surface area contributed by atoms with Crippen molar-refractivity contribution in [2.24, 2.45) is 0 Å². The van der Waals surface area contributed by atoms with Gasteiger partial charge in [-0.1, -0.05) is 24.3 Å². The molecule has 1 fully saturated rings. The van der Waals surface area contributed by atoms with Crippen molar-refractivity contribution in [1.29, 1.82) is 0 Å². The minimum atomic E-state index is -0.233. The van der Waals surface area contributed by atoms with Gasteiger partial charge in [-0.05, 0) is 36.2 Å². The number of methoxy groups -OCH3 is 1. The smallest absolute Gasteiger partial charge is 0.289 e. The number of hydrogen-bond acceptors (Lipinski definition) is 4. The number of fused-ring (bicyclic) bond motifs is 1. The number of amides is 1. The lowest BCUT2D eigenvalue weighted by atomic mass is 9.98. The van der Waals surface area contributed by atoms with E-state index in [1.54, 1.807) is 36.3 Å². The molecule has 1 aromatic heterocycles. The molecule has 4 rings (SSSR count). The summed E-state index contributed by atoms with van der Waals surface area (Å²) in [4.78, 5) is 26.8. The lowest BCUT2D eigenvalue weighted by Crippen LogP contribution is -2.29. The summed E-state index contributed by atoms with van der Waals surface area (Å²) in [6.45, 7) is 1.26. The summed E-state index contributed by atoms with van der Waals surface area (Å²) in [6, 6.07) is 16.2. The first-order valence-corrected chi connectivity index (χ1v) is 8.62. The molecule has 1 amide bonds. The quantitative estimate of drug-likeness (QED) is 0.727. The number of hydrogen-bond donors (Lipinski definition) is 0. The maximum atomic E-state index is 12.8. The highest BCUT2D eigenvalue weighted by molar-refractivity contribution is 5.93. The predicted octanol–water partition coefficient (Wildman–Crippen LogP) is 3.43. The molecule has 5 heteroatoms. The van der Waals surface area contributed by atoms with Crippen LogP contribution in [-0.2, 0) is 0 Å². The molecule has 1 aliphatic rings. The molecule has 3 aromatic rings. The van der Waals surface area contributed by atoms with Gasteiger partial charge in [-0.15, -0.1) is 0 Å². The summed E-state index contributed by atoms with van der Waals surface area (Å²) in [7, 11) is 1.64. The highest BCUT2D eigenvalue weighted by Crippen LogP contribution is 2.29. The van der Waals surface area contributed by atoms with E-state index in [1.807, 2.05) is 24.3 Å². The molecular formula is C21H19NO4. The van der Waals surface area contributed by atoms with Crippen molar-refractivity contribution in [2.45, 2.75) is 12.3 Å². The van der Waals surface area contributed by atoms with Crippen LogP contribution < -0.4 is 10.2 Å². The fourth-order valence-corrected chi connectivity index (χ4v) is 3.46. The zero-order chi connectivity index (χ0) is 18.1. The van der Waals surface area contributed by atoms with Gasteiger partial charge in [-0.2, -0.15) is 0 Å². The number of benzene rings is 2. The highest BCUT2D eigenvalue weighted by atomic mass is 16.5. The van der Waals surface area contributed by atoms with Crippen molar-refractivity contribution in [3.05, 3.63) is 76.1 Å². The molecule has 1 saturated heterocycles. The first-order valence-electron chi connectivity index (χ1n) is 8.62. The molecule has 132 valence electrons. The molecule has 2 heterocycles. The Labute approximate surface area is 150 Å². The fourth-order valence-electron chi connectivity index (χ4n) is 3.46. The maximum Gasteiger partial charge on any atom is 0.289 e. The Morgan fingerprint density at radius 2 is 1.92 bits per heavy atom. The minimum Gasteiger partial charge on any atom is -0.497 e. The van der Waals surface area contributed by atoms with Crippen LogP contribution in [0.5, 0.6) is 5.75 Å². The summed E-state index contributed by atoms with van der Waals surface area (Å²) < 4.78 is 10.9. The lowest BCUT2D eigenvalue weighted by molar-refractivity contribution is 0.0760. The second-order valence-corrected chi connectivity index (χ2v) is 6.48. The van der Waals surface area contributed by atoms with Crippen LogP contribution >= 0.6 is 0 Å². The van der Waals surface area contributed by atoms with Gasteiger partial charge in [0, 0.05) is 25.1 Å². The Morgan fingerprint density at radius 3 is 2.69 bits per heavy atom. The molecule has 5 nitrogen and oxygen atoms in total.